The number of aromatic nitrogens is 2. The molecule has 20 heavy (non-hydrogen) atoms. The average molecular weight is 299 g/mol. The Morgan fingerprint density at radius 1 is 1.50 bits per heavy atom. The van der Waals surface area contributed by atoms with E-state index in [4.69, 9.17) is 17.3 Å². The molecule has 0 aliphatic rings. The van der Waals surface area contributed by atoms with Gasteiger partial charge in [0, 0.05) is 25.2 Å². The van der Waals surface area contributed by atoms with Crippen molar-refractivity contribution in [2.24, 2.45) is 0 Å². The summed E-state index contributed by atoms with van der Waals surface area (Å²) in [6.45, 7) is 5.83. The second-order valence-corrected chi connectivity index (χ2v) is 5.52. The third-order valence-electron chi connectivity index (χ3n) is 3.84. The van der Waals surface area contributed by atoms with E-state index in [1.807, 2.05) is 4.57 Å². The Morgan fingerprint density at radius 2 is 2.20 bits per heavy atom. The summed E-state index contributed by atoms with van der Waals surface area (Å²) in [4.78, 5) is 6.48. The van der Waals surface area contributed by atoms with Crippen molar-refractivity contribution in [2.75, 3.05) is 19.3 Å². The van der Waals surface area contributed by atoms with Crippen molar-refractivity contribution in [1.29, 1.82) is 0 Å². The van der Waals surface area contributed by atoms with Gasteiger partial charge in [0.2, 0.25) is 5.95 Å². The van der Waals surface area contributed by atoms with Gasteiger partial charge in [-0.2, -0.15) is 0 Å². The molecule has 1 atom stereocenters. The van der Waals surface area contributed by atoms with Crippen molar-refractivity contribution in [3.8, 4) is 0 Å². The minimum absolute atomic E-state index is 0.0684. The van der Waals surface area contributed by atoms with Crippen LogP contribution in [0, 0.1) is 5.82 Å². The number of hydrogen-bond acceptors (Lipinski definition) is 3. The van der Waals surface area contributed by atoms with E-state index in [0.717, 1.165) is 13.0 Å². The second-order valence-electron chi connectivity index (χ2n) is 5.11. The summed E-state index contributed by atoms with van der Waals surface area (Å²) in [5.74, 6) is -0.0604. The molecule has 0 bridgehead atoms. The van der Waals surface area contributed by atoms with Crippen molar-refractivity contribution >= 4 is 28.6 Å². The Bertz CT molecular complexity index is 611. The molecule has 0 aliphatic heterocycles. The van der Waals surface area contributed by atoms with Crippen LogP contribution in [0.25, 0.3) is 11.0 Å². The number of hydrogen-bond donors (Lipinski definition) is 1. The van der Waals surface area contributed by atoms with Gasteiger partial charge in [-0.3, -0.25) is 0 Å². The molecule has 0 amide bonds. The molecule has 2 N–H and O–H groups in total. The summed E-state index contributed by atoms with van der Waals surface area (Å²) in [7, 11) is 2.07. The maximum absolute atomic E-state index is 13.6. The molecule has 0 radical (unpaired) electrons. The minimum atomic E-state index is -0.449. The quantitative estimate of drug-likeness (QED) is 0.922. The Morgan fingerprint density at radius 3 is 2.85 bits per heavy atom. The third kappa shape index (κ3) is 2.88. The van der Waals surface area contributed by atoms with Crippen LogP contribution in [0.2, 0.25) is 5.02 Å². The summed E-state index contributed by atoms with van der Waals surface area (Å²) in [5, 5.41) is 0.0684. The zero-order valence-electron chi connectivity index (χ0n) is 12.0. The lowest BCUT2D eigenvalue weighted by Gasteiger charge is -2.23. The number of imidazole rings is 1. The van der Waals surface area contributed by atoms with Crippen LogP contribution in [0.1, 0.15) is 20.3 Å². The van der Waals surface area contributed by atoms with Gasteiger partial charge in [-0.15, -0.1) is 0 Å². The molecule has 0 saturated carbocycles. The number of nitrogens with zero attached hydrogens (tertiary/aromatic N) is 3. The van der Waals surface area contributed by atoms with Gasteiger partial charge in [-0.05, 0) is 26.5 Å². The van der Waals surface area contributed by atoms with E-state index >= 15 is 0 Å². The van der Waals surface area contributed by atoms with Gasteiger partial charge < -0.3 is 15.2 Å². The first-order valence-electron chi connectivity index (χ1n) is 6.75. The van der Waals surface area contributed by atoms with Gasteiger partial charge in [0.15, 0.2) is 0 Å². The monoisotopic (exact) mass is 298 g/mol. The number of nitrogen functional groups attached to an aromatic ring is 1. The maximum atomic E-state index is 13.6. The predicted octanol–water partition coefficient (Wildman–Crippen LogP) is 3.14. The standard InChI is InChI=1S/C14H20ClFN4/c1-4-9(2)19(3)5-6-20-13-8-11(16)10(15)7-12(13)18-14(20)17/h7-9H,4-6H2,1-3H3,(H2,17,18). The van der Waals surface area contributed by atoms with Crippen LogP contribution in [0.4, 0.5) is 10.3 Å². The average Bonchev–Trinajstić information content (AvgIpc) is 2.71. The van der Waals surface area contributed by atoms with Gasteiger partial charge >= 0.3 is 0 Å². The summed E-state index contributed by atoms with van der Waals surface area (Å²) in [6, 6.07) is 3.40. The van der Waals surface area contributed by atoms with Crippen LogP contribution >= 0.6 is 11.6 Å². The molecule has 0 fully saturated rings. The van der Waals surface area contributed by atoms with Crippen LogP contribution in [0.5, 0.6) is 0 Å². The Balaban J connectivity index is 2.26. The third-order valence-corrected chi connectivity index (χ3v) is 4.13. The highest BCUT2D eigenvalue weighted by molar-refractivity contribution is 6.31. The number of nitrogens with two attached hydrogens (primary N) is 1. The molecule has 6 heteroatoms. The number of halogens is 2. The molecule has 110 valence electrons. The van der Waals surface area contributed by atoms with Gasteiger partial charge in [0.25, 0.3) is 0 Å². The number of anilines is 1. The first kappa shape index (κ1) is 15.1. The lowest BCUT2D eigenvalue weighted by Crippen LogP contribution is -2.31. The van der Waals surface area contributed by atoms with Gasteiger partial charge in [-0.1, -0.05) is 18.5 Å². The first-order valence-corrected chi connectivity index (χ1v) is 7.12. The summed E-state index contributed by atoms with van der Waals surface area (Å²) < 4.78 is 15.4. The van der Waals surface area contributed by atoms with Crippen molar-refractivity contribution < 1.29 is 4.39 Å². The molecule has 0 spiro atoms. The smallest absolute Gasteiger partial charge is 0.201 e. The fourth-order valence-corrected chi connectivity index (χ4v) is 2.32. The molecule has 0 aliphatic carbocycles. The molecule has 0 saturated heterocycles. The molecule has 2 aromatic rings. The van der Waals surface area contributed by atoms with Crippen molar-refractivity contribution in [1.82, 2.24) is 14.5 Å². The number of fused-ring (bicyclic) bond motifs is 1. The van der Waals surface area contributed by atoms with Crippen LogP contribution < -0.4 is 5.73 Å². The van der Waals surface area contributed by atoms with Crippen molar-refractivity contribution in [3.05, 3.63) is 23.0 Å². The zero-order valence-corrected chi connectivity index (χ0v) is 12.8. The lowest BCUT2D eigenvalue weighted by atomic mass is 10.2. The first-order chi connectivity index (χ1) is 9.43. The van der Waals surface area contributed by atoms with Gasteiger partial charge in [0.05, 0.1) is 16.1 Å². The maximum Gasteiger partial charge on any atom is 0.201 e. The fraction of sp³-hybridized carbons (Fsp3) is 0.500. The summed E-state index contributed by atoms with van der Waals surface area (Å²) in [6.07, 6.45) is 1.08. The Labute approximate surface area is 123 Å². The molecule has 1 unspecified atom stereocenters. The van der Waals surface area contributed by atoms with Crippen LogP contribution in [-0.4, -0.2) is 34.1 Å². The normalized spacial score (nSPS) is 13.3. The Hall–Kier alpha value is -1.33. The van der Waals surface area contributed by atoms with E-state index in [9.17, 15) is 4.39 Å². The van der Waals surface area contributed by atoms with E-state index in [-0.39, 0.29) is 5.02 Å². The molecule has 2 rings (SSSR count). The number of rotatable bonds is 5. The number of likely N-dealkylation sites (N-methyl/N-ethyl adjacent to an activating group) is 1. The van der Waals surface area contributed by atoms with E-state index in [2.05, 4.69) is 30.8 Å². The highest BCUT2D eigenvalue weighted by atomic mass is 35.5. The highest BCUT2D eigenvalue weighted by Gasteiger charge is 2.13. The van der Waals surface area contributed by atoms with E-state index in [0.29, 0.717) is 29.6 Å². The van der Waals surface area contributed by atoms with E-state index < -0.39 is 5.82 Å². The van der Waals surface area contributed by atoms with Crippen LogP contribution in [0.3, 0.4) is 0 Å². The second kappa shape index (κ2) is 5.97. The van der Waals surface area contributed by atoms with Crippen LogP contribution in [0.15, 0.2) is 12.1 Å². The van der Waals surface area contributed by atoms with Crippen molar-refractivity contribution in [2.45, 2.75) is 32.9 Å². The molecule has 1 heterocycles. The molecule has 1 aromatic heterocycles. The number of benzene rings is 1. The van der Waals surface area contributed by atoms with Crippen molar-refractivity contribution in [3.63, 3.8) is 0 Å². The lowest BCUT2D eigenvalue weighted by molar-refractivity contribution is 0.244. The van der Waals surface area contributed by atoms with Crippen LogP contribution in [-0.2, 0) is 6.54 Å². The molecule has 1 aromatic carbocycles. The summed E-state index contributed by atoms with van der Waals surface area (Å²) in [5.41, 5.74) is 7.22. The van der Waals surface area contributed by atoms with Gasteiger partial charge in [-0.25, -0.2) is 9.37 Å². The van der Waals surface area contributed by atoms with E-state index in [1.165, 1.54) is 12.1 Å². The minimum Gasteiger partial charge on any atom is -0.369 e. The Kier molecular flexibility index (Phi) is 4.50. The molecular weight excluding hydrogens is 279 g/mol. The highest BCUT2D eigenvalue weighted by Crippen LogP contribution is 2.24. The molecule has 4 nitrogen and oxygen atoms in total. The fourth-order valence-electron chi connectivity index (χ4n) is 2.16. The van der Waals surface area contributed by atoms with Gasteiger partial charge in [0.1, 0.15) is 5.82 Å². The predicted molar refractivity (Wildman–Crippen MR) is 81.5 cm³/mol. The topological polar surface area (TPSA) is 47.1 Å². The largest absolute Gasteiger partial charge is 0.369 e. The van der Waals surface area contributed by atoms with E-state index in [1.54, 1.807) is 0 Å². The molecular formula is C14H20ClFN4. The zero-order chi connectivity index (χ0) is 14.9. The summed E-state index contributed by atoms with van der Waals surface area (Å²) >= 11 is 5.76. The SMILES string of the molecule is CCC(C)N(C)CCn1c(N)nc2cc(Cl)c(F)cc21.